The Bertz CT molecular complexity index is 1700. The number of rotatable bonds is 16. The van der Waals surface area contributed by atoms with Crippen LogP contribution in [-0.4, -0.2) is 91.7 Å². The Morgan fingerprint density at radius 1 is 0.638 bits per heavy atom. The SMILES string of the molecule is CC(c1ccc(O)c(C(C)N(C)C)c1)N(C)C.CCC(CC)(CN)c1ccccc1S.CCCC(c1ccccc1O)N(CC)CC.CN(C)Cc1ccccc1S. The highest BCUT2D eigenvalue weighted by atomic mass is 32.1. The van der Waals surface area contributed by atoms with Crippen LogP contribution in [0.3, 0.4) is 0 Å². The van der Waals surface area contributed by atoms with E-state index in [1.54, 1.807) is 12.1 Å². The Labute approximate surface area is 365 Å². The molecule has 0 saturated carbocycles. The van der Waals surface area contributed by atoms with Crippen LogP contribution in [0.5, 0.6) is 11.5 Å². The van der Waals surface area contributed by atoms with E-state index >= 15 is 0 Å². The van der Waals surface area contributed by atoms with Gasteiger partial charge in [-0.3, -0.25) is 4.90 Å². The van der Waals surface area contributed by atoms with Crippen molar-refractivity contribution in [3.05, 3.63) is 119 Å². The summed E-state index contributed by atoms with van der Waals surface area (Å²) in [6.07, 6.45) is 4.36. The minimum atomic E-state index is 0.109. The van der Waals surface area contributed by atoms with Gasteiger partial charge in [0.25, 0.3) is 0 Å². The maximum absolute atomic E-state index is 9.93. The molecule has 0 bridgehead atoms. The van der Waals surface area contributed by atoms with Gasteiger partial charge in [-0.1, -0.05) is 102 Å². The van der Waals surface area contributed by atoms with Gasteiger partial charge in [0.2, 0.25) is 0 Å². The predicted octanol–water partition coefficient (Wildman–Crippen LogP) is 11.2. The third-order valence-corrected chi connectivity index (χ3v) is 12.2. The number of phenolic OH excluding ortho intramolecular Hbond substituents is 2. The molecule has 3 atom stereocenters. The third-order valence-electron chi connectivity index (χ3n) is 11.3. The van der Waals surface area contributed by atoms with Gasteiger partial charge in [-0.15, -0.1) is 25.3 Å². The number of thiol groups is 2. The summed E-state index contributed by atoms with van der Waals surface area (Å²) in [5.41, 5.74) is 11.9. The summed E-state index contributed by atoms with van der Waals surface area (Å²) in [6, 6.07) is 30.9. The number of benzene rings is 4. The van der Waals surface area contributed by atoms with Gasteiger partial charge in [0.05, 0.1) is 0 Å². The predicted molar refractivity (Wildman–Crippen MR) is 257 cm³/mol. The van der Waals surface area contributed by atoms with Gasteiger partial charge in [-0.05, 0) is 136 Å². The topological polar surface area (TPSA) is 79.4 Å². The molecular formula is C49H79N5O2S2. The summed E-state index contributed by atoms with van der Waals surface area (Å²) >= 11 is 8.84. The Morgan fingerprint density at radius 3 is 1.62 bits per heavy atom. The molecule has 0 aromatic heterocycles. The number of nitrogens with zero attached hydrogens (tertiary/aromatic N) is 4. The quantitative estimate of drug-likeness (QED) is 0.0720. The number of phenols is 2. The summed E-state index contributed by atoms with van der Waals surface area (Å²) in [5.74, 6) is 0.800. The smallest absolute Gasteiger partial charge is 0.120 e. The van der Waals surface area contributed by atoms with E-state index in [2.05, 4.69) is 146 Å². The molecule has 0 aliphatic carbocycles. The molecule has 0 spiro atoms. The highest BCUT2D eigenvalue weighted by molar-refractivity contribution is 7.80. The van der Waals surface area contributed by atoms with Crippen molar-refractivity contribution < 1.29 is 10.2 Å². The molecule has 9 heteroatoms. The molecule has 4 rings (SSSR count). The lowest BCUT2D eigenvalue weighted by Gasteiger charge is -2.31. The van der Waals surface area contributed by atoms with Gasteiger partial charge >= 0.3 is 0 Å². The maximum Gasteiger partial charge on any atom is 0.120 e. The van der Waals surface area contributed by atoms with Gasteiger partial charge in [0.15, 0.2) is 0 Å². The lowest BCUT2D eigenvalue weighted by molar-refractivity contribution is 0.203. The van der Waals surface area contributed by atoms with Crippen molar-refractivity contribution in [2.45, 2.75) is 114 Å². The van der Waals surface area contributed by atoms with Gasteiger partial charge in [-0.2, -0.15) is 0 Å². The monoisotopic (exact) mass is 834 g/mol. The molecule has 324 valence electrons. The van der Waals surface area contributed by atoms with Gasteiger partial charge in [-0.25, -0.2) is 0 Å². The van der Waals surface area contributed by atoms with E-state index in [0.29, 0.717) is 30.1 Å². The van der Waals surface area contributed by atoms with Crippen LogP contribution in [0.25, 0.3) is 0 Å². The average molecular weight is 834 g/mol. The molecule has 0 aliphatic heterocycles. The Kier molecular flexibility index (Phi) is 25.3. The van der Waals surface area contributed by atoms with Crippen LogP contribution in [0.4, 0.5) is 0 Å². The Morgan fingerprint density at radius 2 is 1.16 bits per heavy atom. The molecule has 3 unspecified atom stereocenters. The van der Waals surface area contributed by atoms with Crippen molar-refractivity contribution in [3.63, 3.8) is 0 Å². The van der Waals surface area contributed by atoms with E-state index in [0.717, 1.165) is 66.2 Å². The minimum Gasteiger partial charge on any atom is -0.508 e. The highest BCUT2D eigenvalue weighted by Gasteiger charge is 2.28. The van der Waals surface area contributed by atoms with E-state index in [4.69, 9.17) is 5.73 Å². The highest BCUT2D eigenvalue weighted by Crippen LogP contribution is 2.35. The molecule has 0 fully saturated rings. The second-order valence-electron chi connectivity index (χ2n) is 15.8. The fourth-order valence-corrected chi connectivity index (χ4v) is 7.55. The third kappa shape index (κ3) is 16.6. The molecular weight excluding hydrogens is 755 g/mol. The number of nitrogens with two attached hydrogens (primary N) is 1. The first-order valence-electron chi connectivity index (χ1n) is 21.1. The molecule has 0 aliphatic rings. The molecule has 0 radical (unpaired) electrons. The van der Waals surface area contributed by atoms with E-state index < -0.39 is 0 Å². The van der Waals surface area contributed by atoms with Gasteiger partial charge < -0.3 is 30.6 Å². The normalized spacial score (nSPS) is 12.9. The second kappa shape index (κ2) is 27.7. The van der Waals surface area contributed by atoms with Crippen LogP contribution >= 0.6 is 25.3 Å². The second-order valence-corrected chi connectivity index (χ2v) is 16.7. The lowest BCUT2D eigenvalue weighted by atomic mass is 9.76. The first-order valence-corrected chi connectivity index (χ1v) is 22.0. The molecule has 4 N–H and O–H groups in total. The van der Waals surface area contributed by atoms with Crippen LogP contribution < -0.4 is 5.73 Å². The zero-order valence-electron chi connectivity index (χ0n) is 38.2. The van der Waals surface area contributed by atoms with E-state index in [9.17, 15) is 10.2 Å². The average Bonchev–Trinajstić information content (AvgIpc) is 3.21. The van der Waals surface area contributed by atoms with E-state index in [1.807, 2.05) is 68.7 Å². The molecule has 4 aromatic rings. The largest absolute Gasteiger partial charge is 0.508 e. The fourth-order valence-electron chi connectivity index (χ4n) is 6.92. The van der Waals surface area contributed by atoms with Crippen LogP contribution in [0.1, 0.15) is 120 Å². The van der Waals surface area contributed by atoms with Crippen LogP contribution in [0.2, 0.25) is 0 Å². The first-order chi connectivity index (χ1) is 27.5. The zero-order valence-corrected chi connectivity index (χ0v) is 40.0. The van der Waals surface area contributed by atoms with Gasteiger partial charge in [0.1, 0.15) is 11.5 Å². The molecule has 0 amide bonds. The Hall–Kier alpha value is -3.02. The van der Waals surface area contributed by atoms with Gasteiger partial charge in [0, 0.05) is 57.5 Å². The van der Waals surface area contributed by atoms with Crippen LogP contribution in [0.15, 0.2) is 101 Å². The number of hydrogen-bond acceptors (Lipinski definition) is 9. The lowest BCUT2D eigenvalue weighted by Crippen LogP contribution is -2.34. The maximum atomic E-state index is 9.93. The zero-order chi connectivity index (χ0) is 44.0. The summed E-state index contributed by atoms with van der Waals surface area (Å²) in [5, 5.41) is 19.9. The van der Waals surface area contributed by atoms with Crippen molar-refractivity contribution in [2.75, 3.05) is 61.9 Å². The summed E-state index contributed by atoms with van der Waals surface area (Å²) in [4.78, 5) is 10.9. The Balaban J connectivity index is 0.000000391. The number of hydrogen-bond donors (Lipinski definition) is 5. The summed E-state index contributed by atoms with van der Waals surface area (Å²) in [7, 11) is 12.3. The van der Waals surface area contributed by atoms with Crippen molar-refractivity contribution >= 4 is 25.3 Å². The van der Waals surface area contributed by atoms with Crippen LogP contribution in [-0.2, 0) is 12.0 Å². The standard InChI is InChI=1S/C14H24N2O.C14H23NO.C12H19NS.C9H13NS/c1-10(15(3)4)12-7-8-14(17)13(9-12)11(2)16(5)6;1-4-9-13(15(5-2)6-3)12-10-7-8-11-14(12)16;1-3-12(4-2,9-13)10-7-5-6-8-11(10)14;1-10(2)7-8-5-3-4-6-9(8)11/h7-11,17H,1-6H3;7-8,10-11,13,16H,4-6,9H2,1-3H3;5-8,14H,3-4,9,13H2,1-2H3;3-6,11H,7H2,1-2H3. The number of para-hydroxylation sites is 1. The summed E-state index contributed by atoms with van der Waals surface area (Å²) in [6.45, 7) is 18.9. The fraction of sp³-hybridized carbons (Fsp3) is 0.510. The van der Waals surface area contributed by atoms with Crippen molar-refractivity contribution in [3.8, 4) is 11.5 Å². The molecule has 58 heavy (non-hydrogen) atoms. The van der Waals surface area contributed by atoms with E-state index in [1.165, 1.54) is 16.7 Å². The first kappa shape index (κ1) is 53.0. The number of aromatic hydroxyl groups is 2. The van der Waals surface area contributed by atoms with Crippen LogP contribution in [0, 0.1) is 0 Å². The molecule has 0 saturated heterocycles. The van der Waals surface area contributed by atoms with Crippen molar-refractivity contribution in [1.29, 1.82) is 0 Å². The summed E-state index contributed by atoms with van der Waals surface area (Å²) < 4.78 is 0. The van der Waals surface area contributed by atoms with E-state index in [-0.39, 0.29) is 11.5 Å². The molecule has 0 heterocycles. The minimum absolute atomic E-state index is 0.109. The van der Waals surface area contributed by atoms with Crippen molar-refractivity contribution in [1.82, 2.24) is 19.6 Å². The molecule has 7 nitrogen and oxygen atoms in total. The van der Waals surface area contributed by atoms with Crippen molar-refractivity contribution in [2.24, 2.45) is 5.73 Å². The molecule has 4 aromatic carbocycles.